The van der Waals surface area contributed by atoms with Gasteiger partial charge in [-0.25, -0.2) is 0 Å². The molecule has 11 rings (SSSR count). The molecule has 3 heterocycles. The summed E-state index contributed by atoms with van der Waals surface area (Å²) in [5, 5.41) is 3.14. The molecule has 0 spiro atoms. The SMILES string of the molecule is [2H]C([2H])(c1ccccc1)c1cc(-c2[c-]cccc2)ncc1[Si](C)(C)C.[2H]C([2H])(c1ccnc(-c2[c-]ccc3c2oc2cc(-c4ccccc4)ccc23)c1)C1CC2CCC1CC2.[Ir]. The average molecular weight is 955 g/mol. The summed E-state index contributed by atoms with van der Waals surface area (Å²) in [5.74, 6) is 1.27. The molecule has 1 unspecified atom stereocenters. The van der Waals surface area contributed by atoms with E-state index in [1.165, 1.54) is 25.7 Å². The second-order valence-electron chi connectivity index (χ2n) is 16.6. The number of fused-ring (bicyclic) bond motifs is 6. The Bertz CT molecular complexity index is 2800. The molecule has 58 heavy (non-hydrogen) atoms. The number of pyridine rings is 2. The summed E-state index contributed by atoms with van der Waals surface area (Å²) in [6, 6.07) is 49.9. The first-order valence-corrected chi connectivity index (χ1v) is 23.8. The normalized spacial score (nSPS) is 18.9. The van der Waals surface area contributed by atoms with E-state index >= 15 is 0 Å². The molecule has 5 aromatic carbocycles. The minimum atomic E-state index is -1.76. The third-order valence-corrected chi connectivity index (χ3v) is 13.7. The fraction of sp³-hybridized carbons (Fsp3) is 0.245. The Hall–Kier alpha value is -4.93. The van der Waals surface area contributed by atoms with Gasteiger partial charge in [-0.1, -0.05) is 139 Å². The second-order valence-corrected chi connectivity index (χ2v) is 21.6. The van der Waals surface area contributed by atoms with Gasteiger partial charge >= 0.3 is 0 Å². The molecule has 3 aliphatic carbocycles. The summed E-state index contributed by atoms with van der Waals surface area (Å²) >= 11 is 0. The molecule has 1 radical (unpaired) electrons. The van der Waals surface area contributed by atoms with Crippen LogP contribution in [0.1, 0.15) is 54.3 Å². The van der Waals surface area contributed by atoms with Crippen molar-refractivity contribution in [2.75, 3.05) is 0 Å². The maximum absolute atomic E-state index is 9.14. The maximum Gasteiger partial charge on any atom is 0.121 e. The fourth-order valence-corrected chi connectivity index (χ4v) is 10.1. The van der Waals surface area contributed by atoms with Crippen molar-refractivity contribution < 1.29 is 30.0 Å². The Morgan fingerprint density at radius 3 is 2.21 bits per heavy atom. The molecule has 3 fully saturated rings. The van der Waals surface area contributed by atoms with E-state index in [1.54, 1.807) is 6.20 Å². The quantitative estimate of drug-likeness (QED) is 0.113. The molecule has 0 amide bonds. The van der Waals surface area contributed by atoms with E-state index in [0.717, 1.165) is 72.6 Å². The van der Waals surface area contributed by atoms with Crippen LogP contribution in [-0.2, 0) is 32.9 Å². The first-order valence-electron chi connectivity index (χ1n) is 22.3. The van der Waals surface area contributed by atoms with Crippen molar-refractivity contribution in [2.24, 2.45) is 17.8 Å². The molecule has 293 valence electrons. The Morgan fingerprint density at radius 2 is 1.48 bits per heavy atom. The molecule has 3 nitrogen and oxygen atoms in total. The summed E-state index contributed by atoms with van der Waals surface area (Å²) in [6.45, 7) is 6.68. The van der Waals surface area contributed by atoms with E-state index in [0.29, 0.717) is 23.1 Å². The molecule has 3 aliphatic rings. The summed E-state index contributed by atoms with van der Waals surface area (Å²) in [4.78, 5) is 9.26. The smallest absolute Gasteiger partial charge is 0.121 e. The van der Waals surface area contributed by atoms with E-state index in [4.69, 9.17) is 9.90 Å². The van der Waals surface area contributed by atoms with Crippen LogP contribution in [-0.4, -0.2) is 18.0 Å². The van der Waals surface area contributed by atoms with Crippen LogP contribution in [0.15, 0.2) is 150 Å². The summed E-state index contributed by atoms with van der Waals surface area (Å²) < 4.78 is 42.4. The van der Waals surface area contributed by atoms with Crippen LogP contribution < -0.4 is 5.19 Å². The van der Waals surface area contributed by atoms with Crippen molar-refractivity contribution in [2.45, 2.75) is 64.5 Å². The fourth-order valence-electron chi connectivity index (χ4n) is 8.70. The largest absolute Gasteiger partial charge is 0.501 e. The topological polar surface area (TPSA) is 38.9 Å². The minimum absolute atomic E-state index is 0. The van der Waals surface area contributed by atoms with Gasteiger partial charge in [-0.05, 0) is 95.2 Å². The first kappa shape index (κ1) is 35.0. The predicted octanol–water partition coefficient (Wildman–Crippen LogP) is 13.2. The third kappa shape index (κ3) is 8.73. The molecule has 0 N–H and O–H groups in total. The second kappa shape index (κ2) is 17.5. The molecule has 0 aliphatic heterocycles. The molecule has 2 bridgehead atoms. The van der Waals surface area contributed by atoms with Crippen LogP contribution in [0.4, 0.5) is 0 Å². The minimum Gasteiger partial charge on any atom is -0.501 e. The monoisotopic (exact) mass is 955 g/mol. The van der Waals surface area contributed by atoms with Gasteiger partial charge < -0.3 is 14.4 Å². The number of furan rings is 1. The van der Waals surface area contributed by atoms with Crippen molar-refractivity contribution in [3.63, 3.8) is 0 Å². The van der Waals surface area contributed by atoms with E-state index in [9.17, 15) is 0 Å². The summed E-state index contributed by atoms with van der Waals surface area (Å²) in [6.07, 6.45) is 6.57. The first-order chi connectivity index (χ1) is 29.4. The predicted molar refractivity (Wildman–Crippen MR) is 239 cm³/mol. The Morgan fingerprint density at radius 1 is 0.707 bits per heavy atom. The Balaban J connectivity index is 0.000000180. The van der Waals surface area contributed by atoms with Crippen molar-refractivity contribution in [3.05, 3.63) is 175 Å². The number of hydrogen-bond donors (Lipinski definition) is 0. The van der Waals surface area contributed by atoms with Crippen molar-refractivity contribution >= 4 is 35.2 Å². The summed E-state index contributed by atoms with van der Waals surface area (Å²) in [7, 11) is -1.76. The van der Waals surface area contributed by atoms with Crippen LogP contribution in [0, 0.1) is 29.9 Å². The van der Waals surface area contributed by atoms with E-state index in [1.807, 2.05) is 109 Å². The van der Waals surface area contributed by atoms with Gasteiger partial charge in [-0.3, -0.25) is 0 Å². The van der Waals surface area contributed by atoms with Crippen molar-refractivity contribution in [3.8, 4) is 33.6 Å². The molecule has 1 atom stereocenters. The molecular formula is C53H50IrN2OSi-2. The van der Waals surface area contributed by atoms with Crippen LogP contribution in [0.25, 0.3) is 55.6 Å². The Labute approximate surface area is 364 Å². The van der Waals surface area contributed by atoms with E-state index in [-0.39, 0.29) is 26.0 Å². The number of aromatic nitrogens is 2. The van der Waals surface area contributed by atoms with Crippen LogP contribution in [0.3, 0.4) is 0 Å². The van der Waals surface area contributed by atoms with Crippen LogP contribution in [0.5, 0.6) is 0 Å². The molecule has 5 heteroatoms. The summed E-state index contributed by atoms with van der Waals surface area (Å²) in [5.41, 5.74) is 9.10. The Kier molecular flexibility index (Phi) is 10.6. The van der Waals surface area contributed by atoms with Gasteiger partial charge in [-0.2, -0.15) is 0 Å². The van der Waals surface area contributed by atoms with Crippen molar-refractivity contribution in [1.29, 1.82) is 0 Å². The molecule has 0 saturated heterocycles. The van der Waals surface area contributed by atoms with Crippen LogP contribution >= 0.6 is 0 Å². The number of nitrogens with zero attached hydrogens (tertiary/aromatic N) is 2. The van der Waals surface area contributed by atoms with Gasteiger partial charge in [0.15, 0.2) is 0 Å². The van der Waals surface area contributed by atoms with E-state index in [2.05, 4.69) is 72.1 Å². The van der Waals surface area contributed by atoms with E-state index < -0.39 is 20.8 Å². The van der Waals surface area contributed by atoms with Gasteiger partial charge in [0.1, 0.15) is 5.58 Å². The van der Waals surface area contributed by atoms with Gasteiger partial charge in [-0.15, -0.1) is 54.1 Å². The third-order valence-electron chi connectivity index (χ3n) is 11.7. The average Bonchev–Trinajstić information content (AvgIpc) is 3.68. The molecule has 3 saturated carbocycles. The maximum atomic E-state index is 9.14. The zero-order chi connectivity index (χ0) is 42.4. The zero-order valence-electron chi connectivity index (χ0n) is 37.3. The van der Waals surface area contributed by atoms with Crippen molar-refractivity contribution in [1.82, 2.24) is 9.97 Å². The van der Waals surface area contributed by atoms with Gasteiger partial charge in [0, 0.05) is 43.4 Å². The van der Waals surface area contributed by atoms with Crippen LogP contribution in [0.2, 0.25) is 19.6 Å². The number of benzene rings is 5. The van der Waals surface area contributed by atoms with Gasteiger partial charge in [0.2, 0.25) is 0 Å². The molecule has 3 aromatic heterocycles. The number of rotatable bonds is 8. The standard InChI is InChI=1S/C32H28NO.C21H22NSi.Ir/c1-2-5-23(6-3-1)25-13-14-27-28-7-4-8-29(32(28)34-31(27)20-25)30-19-22(15-16-33-30)18-26-17-21-9-11-24(26)12-10-21;1-23(2,3)21-16-22-20(18-12-8-5-9-13-18)15-19(21)14-17-10-6-4-7-11-17;/h1-7,13-16,19-21,24,26H,9-12,17-18H2;4-12,15-16H,14H2,1-3H3;/q2*-1;/i18D2;14D2;. The zero-order valence-corrected chi connectivity index (χ0v) is 36.7. The van der Waals surface area contributed by atoms with Gasteiger partial charge in [0.25, 0.3) is 0 Å². The molecule has 8 aromatic rings. The number of hydrogen-bond acceptors (Lipinski definition) is 3. The molecular weight excluding hydrogens is 901 g/mol. The van der Waals surface area contributed by atoms with Gasteiger partial charge in [0.05, 0.1) is 13.7 Å².